The molecule has 3 aromatic heterocycles. The molecule has 11 rings (SSSR count). The maximum Gasteiger partial charge on any atom is 0.407 e. The first-order valence-corrected chi connectivity index (χ1v) is 27.3. The number of benzene rings is 3. The number of nitrogens with zero attached hydrogens (tertiary/aromatic N) is 5. The van der Waals surface area contributed by atoms with Crippen LogP contribution < -0.4 is 31.9 Å². The van der Waals surface area contributed by atoms with E-state index in [1.54, 1.807) is 37.4 Å². The lowest BCUT2D eigenvalue weighted by atomic mass is 9.39. The summed E-state index contributed by atoms with van der Waals surface area (Å²) in [7, 11) is 0. The van der Waals surface area contributed by atoms with E-state index in [-0.39, 0.29) is 64.3 Å². The van der Waals surface area contributed by atoms with Gasteiger partial charge in [0.1, 0.15) is 18.5 Å². The molecule has 77 heavy (non-hydrogen) atoms. The van der Waals surface area contributed by atoms with Crippen LogP contribution in [0.5, 0.6) is 0 Å². The molecule has 404 valence electrons. The summed E-state index contributed by atoms with van der Waals surface area (Å²) < 4.78 is 15.4. The summed E-state index contributed by atoms with van der Waals surface area (Å²) in [6.07, 6.45) is 7.74. The van der Waals surface area contributed by atoms with E-state index in [9.17, 15) is 29.1 Å². The van der Waals surface area contributed by atoms with E-state index in [1.807, 2.05) is 85.0 Å². The second kappa shape index (κ2) is 21.0. The molecule has 4 amide bonds. The average Bonchev–Trinajstić information content (AvgIpc) is 4.04. The summed E-state index contributed by atoms with van der Waals surface area (Å²) in [6.45, 7) is 14.3. The number of aromatic carboxylic acids is 1. The number of hydrogen-bond acceptors (Lipinski definition) is 13. The highest BCUT2D eigenvalue weighted by Gasteiger charge is 2.66. The third-order valence-corrected chi connectivity index (χ3v) is 17.1. The molecule has 0 saturated heterocycles. The van der Waals surface area contributed by atoms with Gasteiger partial charge in [-0.1, -0.05) is 75.4 Å². The van der Waals surface area contributed by atoms with E-state index < -0.39 is 24.1 Å². The lowest BCUT2D eigenvalue weighted by molar-refractivity contribution is -0.247. The van der Waals surface area contributed by atoms with E-state index in [2.05, 4.69) is 40.1 Å². The Morgan fingerprint density at radius 1 is 0.844 bits per heavy atom. The molecule has 19 heteroatoms. The fraction of sp³-hybridized carbons (Fsp3) is 0.448. The Balaban J connectivity index is 0.751. The van der Waals surface area contributed by atoms with E-state index in [1.165, 1.54) is 11.3 Å². The molecule has 7 N–H and O–H groups in total. The number of alkyl carbamates (subject to hydrolysis) is 1. The van der Waals surface area contributed by atoms with Crippen LogP contribution in [0.1, 0.15) is 116 Å². The topological polar surface area (TPSA) is 245 Å². The summed E-state index contributed by atoms with van der Waals surface area (Å²) in [5.74, 6) is -1.70. The van der Waals surface area contributed by atoms with Gasteiger partial charge in [0.25, 0.3) is 5.91 Å². The molecule has 0 radical (unpaired) electrons. The van der Waals surface area contributed by atoms with Crippen LogP contribution >= 0.6 is 11.3 Å². The number of carbonyl (C=O) groups excluding carboxylic acids is 4. The van der Waals surface area contributed by atoms with Crippen molar-refractivity contribution in [1.29, 1.82) is 0 Å². The minimum Gasteiger partial charge on any atom is -0.476 e. The lowest BCUT2D eigenvalue weighted by Gasteiger charge is -2.69. The van der Waals surface area contributed by atoms with Crippen molar-refractivity contribution in [2.45, 2.75) is 124 Å². The molecule has 0 spiro atoms. The highest BCUT2D eigenvalue weighted by molar-refractivity contribution is 7.22. The number of rotatable bonds is 18. The van der Waals surface area contributed by atoms with Gasteiger partial charge in [-0.3, -0.25) is 24.4 Å². The number of anilines is 3. The SMILES string of the molecule is Cc1c(-c2ccc(N3CCc4cccc(C(=O)Nc5nc6ccccc6s5)c4C3)nc2C(=O)O)cnn1CC12CC3(C)CC(C)(C1)CC(OCCNC(=O)OCc1ccc(NC(=O)C(C)NC(=O)C(N)C(C)C)cc1)(C3)C2. The maximum absolute atomic E-state index is 13.7. The molecular formula is C58H68N10O8S. The first-order chi connectivity index (χ1) is 36.7. The van der Waals surface area contributed by atoms with Crippen molar-refractivity contribution in [3.63, 3.8) is 0 Å². The number of thiazole rings is 1. The van der Waals surface area contributed by atoms with Crippen molar-refractivity contribution < 1.29 is 38.6 Å². The van der Waals surface area contributed by atoms with Crippen molar-refractivity contribution in [1.82, 2.24) is 30.4 Å². The summed E-state index contributed by atoms with van der Waals surface area (Å²) in [6, 6.07) is 22.6. The van der Waals surface area contributed by atoms with Gasteiger partial charge in [0, 0.05) is 54.3 Å². The van der Waals surface area contributed by atoms with Gasteiger partial charge < -0.3 is 41.2 Å². The fourth-order valence-electron chi connectivity index (χ4n) is 13.7. The van der Waals surface area contributed by atoms with Crippen LogP contribution in [0.4, 0.5) is 21.4 Å². The van der Waals surface area contributed by atoms with Gasteiger partial charge in [-0.25, -0.2) is 19.6 Å². The molecule has 4 heterocycles. The Kier molecular flexibility index (Phi) is 14.5. The van der Waals surface area contributed by atoms with Gasteiger partial charge in [0.05, 0.1) is 34.7 Å². The van der Waals surface area contributed by atoms with Crippen molar-refractivity contribution in [3.8, 4) is 11.1 Å². The van der Waals surface area contributed by atoms with Crippen LogP contribution in [0.15, 0.2) is 85.1 Å². The second-order valence-electron chi connectivity index (χ2n) is 23.1. The Bertz CT molecular complexity index is 3210. The van der Waals surface area contributed by atoms with Crippen LogP contribution in [-0.2, 0) is 45.2 Å². The van der Waals surface area contributed by atoms with Crippen molar-refractivity contribution in [3.05, 3.63) is 119 Å². The molecule has 4 atom stereocenters. The molecule has 4 bridgehead atoms. The fourth-order valence-corrected chi connectivity index (χ4v) is 14.5. The van der Waals surface area contributed by atoms with E-state index in [4.69, 9.17) is 25.3 Å². The molecule has 5 aliphatic rings. The number of nitrogens with one attached hydrogen (secondary N) is 4. The van der Waals surface area contributed by atoms with Crippen LogP contribution in [-0.4, -0.2) is 92.0 Å². The summed E-state index contributed by atoms with van der Waals surface area (Å²) in [5, 5.41) is 27.4. The quantitative estimate of drug-likeness (QED) is 0.0441. The molecule has 3 aromatic carbocycles. The van der Waals surface area contributed by atoms with Gasteiger partial charge in [-0.05, 0) is 140 Å². The summed E-state index contributed by atoms with van der Waals surface area (Å²) in [4.78, 5) is 76.0. The maximum atomic E-state index is 13.7. The minimum atomic E-state index is -1.14. The summed E-state index contributed by atoms with van der Waals surface area (Å²) >= 11 is 1.42. The number of amides is 4. The van der Waals surface area contributed by atoms with Crippen LogP contribution in [0, 0.1) is 29.1 Å². The van der Waals surface area contributed by atoms with E-state index >= 15 is 0 Å². The number of nitrogens with two attached hydrogens (primary N) is 1. The Hall–Kier alpha value is -7.22. The Morgan fingerprint density at radius 3 is 2.32 bits per heavy atom. The molecule has 6 aromatic rings. The van der Waals surface area contributed by atoms with Gasteiger partial charge >= 0.3 is 12.1 Å². The lowest BCUT2D eigenvalue weighted by Crippen LogP contribution is -2.64. The molecular weight excluding hydrogens is 997 g/mol. The van der Waals surface area contributed by atoms with Crippen LogP contribution in [0.2, 0.25) is 0 Å². The summed E-state index contributed by atoms with van der Waals surface area (Å²) in [5.41, 5.74) is 12.1. The number of pyridine rings is 1. The first-order valence-electron chi connectivity index (χ1n) is 26.5. The standard InChI is InChI=1S/C58H68N10O8S/c1-34(2)47(59)51(71)62-35(3)49(69)63-39-16-14-37(15-17-39)26-75-54(74)60-21-23-76-58-30-55(5)27-56(6,31-58)29-57(28-55,32-58)33-68-36(4)42(24-61-68)40-18-19-46(65-48(40)52(72)73)67-22-20-38-10-9-11-41(43(38)25-67)50(70)66-53-64-44-12-7-8-13-45(44)77-53/h7-19,24,34-35,47H,20-23,25-33,59H2,1-6H3,(H,60,74)(H,62,71)(H,63,69)(H,72,73)(H,64,66,70). The number of para-hydroxylation sites is 1. The predicted octanol–water partition coefficient (Wildman–Crippen LogP) is 8.87. The number of ether oxygens (including phenoxy) is 2. The van der Waals surface area contributed by atoms with Gasteiger partial charge in [0.15, 0.2) is 10.8 Å². The number of fused-ring (bicyclic) bond motifs is 2. The van der Waals surface area contributed by atoms with Crippen LogP contribution in [0.3, 0.4) is 0 Å². The van der Waals surface area contributed by atoms with Gasteiger partial charge in [-0.15, -0.1) is 0 Å². The van der Waals surface area contributed by atoms with Gasteiger partial charge in [-0.2, -0.15) is 5.10 Å². The third-order valence-electron chi connectivity index (χ3n) is 16.1. The normalized spacial score (nSPS) is 23.0. The molecule has 18 nitrogen and oxygen atoms in total. The highest BCUT2D eigenvalue weighted by atomic mass is 32.1. The monoisotopic (exact) mass is 1060 g/mol. The van der Waals surface area contributed by atoms with Gasteiger partial charge in [0.2, 0.25) is 11.8 Å². The Labute approximate surface area is 451 Å². The number of aromatic nitrogens is 4. The largest absolute Gasteiger partial charge is 0.476 e. The minimum absolute atomic E-state index is 0.0305. The zero-order valence-electron chi connectivity index (χ0n) is 44.5. The first kappa shape index (κ1) is 53.2. The average molecular weight is 1070 g/mol. The second-order valence-corrected chi connectivity index (χ2v) is 24.2. The third kappa shape index (κ3) is 11.3. The van der Waals surface area contributed by atoms with E-state index in [0.717, 1.165) is 71.1 Å². The molecule has 4 unspecified atom stereocenters. The zero-order valence-corrected chi connectivity index (χ0v) is 45.4. The number of carbonyl (C=O) groups is 5. The Morgan fingerprint density at radius 2 is 1.60 bits per heavy atom. The number of carboxylic acids is 1. The van der Waals surface area contributed by atoms with Crippen molar-refractivity contribution in [2.24, 2.45) is 27.9 Å². The molecule has 4 saturated carbocycles. The smallest absolute Gasteiger partial charge is 0.407 e. The highest BCUT2D eigenvalue weighted by Crippen LogP contribution is 2.72. The van der Waals surface area contributed by atoms with Crippen LogP contribution in [0.25, 0.3) is 21.3 Å². The number of carboxylic acid groups (broad SMARTS) is 1. The molecule has 4 fully saturated rings. The van der Waals surface area contributed by atoms with Crippen molar-refractivity contribution >= 4 is 68.0 Å². The number of hydrogen-bond donors (Lipinski definition) is 6. The zero-order chi connectivity index (χ0) is 54.4. The molecule has 4 aliphatic carbocycles. The van der Waals surface area contributed by atoms with E-state index in [0.29, 0.717) is 66.0 Å². The van der Waals surface area contributed by atoms with Crippen molar-refractivity contribution in [2.75, 3.05) is 35.2 Å². The molecule has 1 aliphatic heterocycles. The predicted molar refractivity (Wildman–Crippen MR) is 295 cm³/mol.